The first-order chi connectivity index (χ1) is 36.4. The first kappa shape index (κ1) is 62.2. The van der Waals surface area contributed by atoms with Crippen LogP contribution in [0.15, 0.2) is 97.1 Å². The van der Waals surface area contributed by atoms with E-state index in [0.29, 0.717) is 22.3 Å². The third-order valence-corrected chi connectivity index (χ3v) is 12.9. The van der Waals surface area contributed by atoms with Crippen molar-refractivity contribution in [1.29, 1.82) is 21.0 Å². The predicted molar refractivity (Wildman–Crippen MR) is 300 cm³/mol. The van der Waals surface area contributed by atoms with E-state index in [9.17, 15) is 0 Å². The molecule has 400 valence electrons. The van der Waals surface area contributed by atoms with Crippen molar-refractivity contribution < 1.29 is 18.9 Å². The third-order valence-electron chi connectivity index (χ3n) is 12.9. The molecule has 0 amide bonds. The van der Waals surface area contributed by atoms with Crippen molar-refractivity contribution in [3.05, 3.63) is 119 Å². The second kappa shape index (κ2) is 41.3. The zero-order chi connectivity index (χ0) is 53.1. The zero-order valence-corrected chi connectivity index (χ0v) is 45.7. The second-order valence-electron chi connectivity index (χ2n) is 18.7. The predicted octanol–water partition coefficient (Wildman–Crippen LogP) is 12.5. The molecule has 0 bridgehead atoms. The maximum absolute atomic E-state index is 8.73. The average molecular weight is 1010 g/mol. The van der Waals surface area contributed by atoms with E-state index in [1.807, 2.05) is 48.5 Å². The van der Waals surface area contributed by atoms with Crippen LogP contribution < -0.4 is 18.9 Å². The van der Waals surface area contributed by atoms with Gasteiger partial charge in [-0.25, -0.2) is 0 Å². The van der Waals surface area contributed by atoms with Gasteiger partial charge in [0, 0.05) is 13.1 Å². The summed E-state index contributed by atoms with van der Waals surface area (Å²) in [6.45, 7) is 26.2. The summed E-state index contributed by atoms with van der Waals surface area (Å²) in [5.41, 5.74) is 2.70. The van der Waals surface area contributed by atoms with Gasteiger partial charge in [0.25, 0.3) is 0 Å². The van der Waals surface area contributed by atoms with Crippen molar-refractivity contribution >= 4 is 0 Å². The fourth-order valence-electron chi connectivity index (χ4n) is 8.59. The number of hydrogen-bond donors (Lipinski definition) is 0. The van der Waals surface area contributed by atoms with Crippen LogP contribution in [-0.2, 0) is 0 Å². The van der Waals surface area contributed by atoms with Crippen molar-refractivity contribution in [1.82, 2.24) is 19.6 Å². The van der Waals surface area contributed by atoms with Crippen LogP contribution in [0.3, 0.4) is 0 Å². The molecule has 2 aliphatic heterocycles. The molecule has 4 aromatic rings. The van der Waals surface area contributed by atoms with Crippen LogP contribution in [0.1, 0.15) is 140 Å². The van der Waals surface area contributed by atoms with E-state index in [2.05, 4.69) is 71.6 Å². The third kappa shape index (κ3) is 28.9. The number of rotatable bonds is 29. The molecule has 0 unspecified atom stereocenters. The Morgan fingerprint density at radius 1 is 0.365 bits per heavy atom. The SMILES string of the molecule is CCCN(CCC)CCCCCOc1ccc(C#N)cc1.CCN(CC)CCCCOc1ccc(C#N)cc1.N#Cc1ccc(OCCCN2CCCC2)cc1.N#Cc1ccc(OCCCN2CCCCC2)cc1. The van der Waals surface area contributed by atoms with Crippen LogP contribution in [0.4, 0.5) is 0 Å². The Hall–Kier alpha value is -6.12. The normalized spacial score (nSPS) is 13.1. The van der Waals surface area contributed by atoms with Gasteiger partial charge in [-0.05, 0) is 246 Å². The van der Waals surface area contributed by atoms with E-state index in [-0.39, 0.29) is 0 Å². The Morgan fingerprint density at radius 3 is 0.986 bits per heavy atom. The Labute approximate surface area is 447 Å². The lowest BCUT2D eigenvalue weighted by Crippen LogP contribution is -2.31. The number of piperidine rings is 1. The second-order valence-corrected chi connectivity index (χ2v) is 18.7. The maximum atomic E-state index is 8.73. The van der Waals surface area contributed by atoms with Crippen molar-refractivity contribution in [2.45, 2.75) is 118 Å². The van der Waals surface area contributed by atoms with Crippen LogP contribution in [0.2, 0.25) is 0 Å². The van der Waals surface area contributed by atoms with E-state index in [1.165, 1.54) is 104 Å². The summed E-state index contributed by atoms with van der Waals surface area (Å²) in [4.78, 5) is 9.98. The van der Waals surface area contributed by atoms with Gasteiger partial charge in [0.15, 0.2) is 0 Å². The minimum absolute atomic E-state index is 0.670. The first-order valence-electron chi connectivity index (χ1n) is 27.8. The smallest absolute Gasteiger partial charge is 0.119 e. The molecule has 2 heterocycles. The lowest BCUT2D eigenvalue weighted by Gasteiger charge is -2.26. The molecule has 0 N–H and O–H groups in total. The van der Waals surface area contributed by atoms with Crippen molar-refractivity contribution in [2.75, 3.05) is 105 Å². The molecule has 6 rings (SSSR count). The summed E-state index contributed by atoms with van der Waals surface area (Å²) in [6.07, 6.45) is 17.2. The van der Waals surface area contributed by atoms with Gasteiger partial charge in [-0.1, -0.05) is 34.1 Å². The lowest BCUT2D eigenvalue weighted by atomic mass is 10.1. The van der Waals surface area contributed by atoms with Gasteiger partial charge in [0.05, 0.1) is 73.0 Å². The topological polar surface area (TPSA) is 145 Å². The molecule has 12 nitrogen and oxygen atoms in total. The molecule has 2 aliphatic rings. The molecule has 0 spiro atoms. The first-order valence-corrected chi connectivity index (χ1v) is 27.8. The Bertz CT molecular complexity index is 2160. The van der Waals surface area contributed by atoms with Crippen molar-refractivity contribution in [2.24, 2.45) is 0 Å². The summed E-state index contributed by atoms with van der Waals surface area (Å²) in [7, 11) is 0. The molecule has 4 aromatic carbocycles. The molecular weight excluding hydrogens is 921 g/mol. The molecule has 0 atom stereocenters. The standard InChI is InChI=1S/C18H28N2O.C15H20N2O.C15H22N2O.C14H18N2O/c1-3-12-20(13-4-2)14-6-5-7-15-21-18-10-8-17(16-19)9-11-18;16-13-14-5-7-15(8-6-14)18-12-4-11-17-9-2-1-3-10-17;1-3-17(4-2)11-5-6-12-18-15-9-7-14(13-16)8-10-15;15-12-13-4-6-14(7-5-13)17-11-3-10-16-8-1-2-9-16/h8-11H,3-7,12-15H2,1-2H3;5-8H,1-4,9-12H2;7-10H,3-6,11-12H2,1-2H3;4-7H,1-3,8-11H2. The number of nitriles is 4. The Kier molecular flexibility index (Phi) is 34.7. The summed E-state index contributed by atoms with van der Waals surface area (Å²) >= 11 is 0. The number of unbranched alkanes of at least 4 members (excludes halogenated alkanes) is 3. The summed E-state index contributed by atoms with van der Waals surface area (Å²) < 4.78 is 22.6. The molecule has 2 fully saturated rings. The number of hydrogen-bond acceptors (Lipinski definition) is 12. The lowest BCUT2D eigenvalue weighted by molar-refractivity contribution is 0.205. The van der Waals surface area contributed by atoms with E-state index in [0.717, 1.165) is 114 Å². The van der Waals surface area contributed by atoms with Crippen molar-refractivity contribution in [3.63, 3.8) is 0 Å². The number of benzene rings is 4. The van der Waals surface area contributed by atoms with Crippen LogP contribution >= 0.6 is 0 Å². The van der Waals surface area contributed by atoms with E-state index >= 15 is 0 Å². The quantitative estimate of drug-likeness (QED) is 0.0477. The largest absolute Gasteiger partial charge is 0.494 e. The zero-order valence-electron chi connectivity index (χ0n) is 45.7. The highest BCUT2D eigenvalue weighted by atomic mass is 16.5. The van der Waals surface area contributed by atoms with Crippen LogP contribution in [0.5, 0.6) is 23.0 Å². The Balaban J connectivity index is 0.000000261. The summed E-state index contributed by atoms with van der Waals surface area (Å²) in [6, 6.07) is 37.6. The number of ether oxygens (including phenoxy) is 4. The molecule has 0 radical (unpaired) electrons. The molecule has 74 heavy (non-hydrogen) atoms. The molecule has 0 aliphatic carbocycles. The van der Waals surface area contributed by atoms with Crippen molar-refractivity contribution in [3.8, 4) is 47.3 Å². The fourth-order valence-corrected chi connectivity index (χ4v) is 8.59. The molecular formula is C62H88N8O4. The van der Waals surface area contributed by atoms with Gasteiger partial charge in [0.2, 0.25) is 0 Å². The molecule has 0 saturated carbocycles. The minimum Gasteiger partial charge on any atom is -0.494 e. The van der Waals surface area contributed by atoms with E-state index in [1.54, 1.807) is 48.5 Å². The van der Waals surface area contributed by atoms with Gasteiger partial charge >= 0.3 is 0 Å². The molecule has 0 aromatic heterocycles. The van der Waals surface area contributed by atoms with Gasteiger partial charge in [-0.15, -0.1) is 0 Å². The van der Waals surface area contributed by atoms with Crippen LogP contribution in [0, 0.1) is 45.3 Å². The maximum Gasteiger partial charge on any atom is 0.119 e. The highest BCUT2D eigenvalue weighted by molar-refractivity contribution is 5.36. The van der Waals surface area contributed by atoms with Gasteiger partial charge in [-0.3, -0.25) is 0 Å². The minimum atomic E-state index is 0.670. The van der Waals surface area contributed by atoms with Crippen LogP contribution in [0.25, 0.3) is 0 Å². The Morgan fingerprint density at radius 2 is 0.662 bits per heavy atom. The van der Waals surface area contributed by atoms with Gasteiger partial charge < -0.3 is 38.5 Å². The highest BCUT2D eigenvalue weighted by Gasteiger charge is 2.11. The summed E-state index contributed by atoms with van der Waals surface area (Å²) in [5, 5.41) is 34.8. The molecule has 12 heteroatoms. The van der Waals surface area contributed by atoms with E-state index in [4.69, 9.17) is 40.0 Å². The fraction of sp³-hybridized carbons (Fsp3) is 0.548. The highest BCUT2D eigenvalue weighted by Crippen LogP contribution is 2.16. The number of nitrogens with zero attached hydrogens (tertiary/aromatic N) is 8. The van der Waals surface area contributed by atoms with Crippen LogP contribution in [-0.4, -0.2) is 125 Å². The van der Waals surface area contributed by atoms with Gasteiger partial charge in [0.1, 0.15) is 23.0 Å². The van der Waals surface area contributed by atoms with Gasteiger partial charge in [-0.2, -0.15) is 21.0 Å². The monoisotopic (exact) mass is 1010 g/mol. The average Bonchev–Trinajstić information content (AvgIpc) is 3.98. The summed E-state index contributed by atoms with van der Waals surface area (Å²) in [5.74, 6) is 3.41. The van der Waals surface area contributed by atoms with E-state index < -0.39 is 0 Å². The number of likely N-dealkylation sites (tertiary alicyclic amines) is 2. The molecule has 2 saturated heterocycles.